The molecule has 0 spiro atoms. The molecule has 32 heavy (non-hydrogen) atoms. The Morgan fingerprint density at radius 3 is 1.53 bits per heavy atom. The number of benzene rings is 2. The summed E-state index contributed by atoms with van der Waals surface area (Å²) in [5, 5.41) is 20.0. The Kier molecular flexibility index (Phi) is 8.37. The predicted molar refractivity (Wildman–Crippen MR) is 131 cm³/mol. The molecule has 2 unspecified atom stereocenters. The maximum Gasteiger partial charge on any atom is 0.146 e. The van der Waals surface area contributed by atoms with Crippen molar-refractivity contribution in [1.82, 2.24) is 0 Å². The Morgan fingerprint density at radius 2 is 1.16 bits per heavy atom. The molecule has 0 bridgehead atoms. The molecular formula is C26H38N2O4. The Balaban J connectivity index is 1.81. The van der Waals surface area contributed by atoms with Gasteiger partial charge in [0.1, 0.15) is 23.0 Å². The predicted octanol–water partition coefficient (Wildman–Crippen LogP) is 5.56. The monoisotopic (exact) mass is 442 g/mol. The highest BCUT2D eigenvalue weighted by Crippen LogP contribution is 2.39. The topological polar surface area (TPSA) is 65.4 Å². The van der Waals surface area contributed by atoms with E-state index in [0.717, 1.165) is 61.6 Å². The lowest BCUT2D eigenvalue weighted by molar-refractivity contribution is 0.304. The fourth-order valence-electron chi connectivity index (χ4n) is 4.16. The van der Waals surface area contributed by atoms with Gasteiger partial charge in [-0.3, -0.25) is 0 Å². The largest absolute Gasteiger partial charge is 0.508 e. The number of anilines is 2. The van der Waals surface area contributed by atoms with Gasteiger partial charge in [0, 0.05) is 37.3 Å². The molecule has 1 heterocycles. The minimum atomic E-state index is 0.220. The fraction of sp³-hybridized carbons (Fsp3) is 0.538. The van der Waals surface area contributed by atoms with E-state index in [4.69, 9.17) is 9.47 Å². The third-order valence-electron chi connectivity index (χ3n) is 6.00. The summed E-state index contributed by atoms with van der Waals surface area (Å²) in [6.45, 7) is 11.6. The minimum Gasteiger partial charge on any atom is -0.508 e. The van der Waals surface area contributed by atoms with Crippen molar-refractivity contribution in [3.63, 3.8) is 0 Å². The maximum atomic E-state index is 10.0. The van der Waals surface area contributed by atoms with Crippen LogP contribution < -0.4 is 19.3 Å². The fourth-order valence-corrected chi connectivity index (χ4v) is 4.16. The van der Waals surface area contributed by atoms with Crippen LogP contribution in [0.5, 0.6) is 23.0 Å². The molecule has 0 amide bonds. The van der Waals surface area contributed by atoms with Crippen LogP contribution in [-0.4, -0.2) is 48.6 Å². The molecule has 2 N–H and O–H groups in total. The number of rotatable bonds is 10. The molecule has 0 aromatic heterocycles. The first kappa shape index (κ1) is 23.9. The molecule has 6 nitrogen and oxygen atoms in total. The molecule has 1 saturated heterocycles. The Bertz CT molecular complexity index is 801. The van der Waals surface area contributed by atoms with Crippen LogP contribution in [0, 0.1) is 0 Å². The van der Waals surface area contributed by atoms with E-state index in [-0.39, 0.29) is 23.6 Å². The lowest BCUT2D eigenvalue weighted by atomic mass is 10.0. The summed E-state index contributed by atoms with van der Waals surface area (Å²) in [5.41, 5.74) is 2.03. The van der Waals surface area contributed by atoms with E-state index in [1.165, 1.54) is 0 Å². The number of unbranched alkanes of at least 4 members (excludes halogenated alkanes) is 2. The van der Waals surface area contributed by atoms with E-state index >= 15 is 0 Å². The molecule has 0 saturated carbocycles. The van der Waals surface area contributed by atoms with Gasteiger partial charge >= 0.3 is 0 Å². The molecule has 2 aromatic rings. The first-order chi connectivity index (χ1) is 15.4. The first-order valence-corrected chi connectivity index (χ1v) is 11.9. The van der Waals surface area contributed by atoms with E-state index in [1.54, 1.807) is 24.3 Å². The summed E-state index contributed by atoms with van der Waals surface area (Å²) in [5.74, 6) is 1.91. The van der Waals surface area contributed by atoms with Crippen molar-refractivity contribution >= 4 is 11.4 Å². The van der Waals surface area contributed by atoms with E-state index in [9.17, 15) is 10.2 Å². The molecular weight excluding hydrogens is 404 g/mol. The molecule has 0 aliphatic carbocycles. The van der Waals surface area contributed by atoms with Crippen LogP contribution in [0.4, 0.5) is 11.4 Å². The Morgan fingerprint density at radius 1 is 0.750 bits per heavy atom. The molecule has 2 atom stereocenters. The van der Waals surface area contributed by atoms with E-state index in [1.807, 2.05) is 12.1 Å². The highest BCUT2D eigenvalue weighted by atomic mass is 16.5. The first-order valence-electron chi connectivity index (χ1n) is 11.9. The molecule has 1 aliphatic heterocycles. The second kappa shape index (κ2) is 11.2. The third kappa shape index (κ3) is 5.72. The van der Waals surface area contributed by atoms with Crippen LogP contribution >= 0.6 is 0 Å². The normalized spacial score (nSPS) is 18.6. The number of ether oxygens (including phenoxy) is 2. The van der Waals surface area contributed by atoms with Crippen LogP contribution in [0.15, 0.2) is 36.4 Å². The third-order valence-corrected chi connectivity index (χ3v) is 6.00. The second-order valence-electron chi connectivity index (χ2n) is 8.71. The second-order valence-corrected chi connectivity index (χ2v) is 8.71. The van der Waals surface area contributed by atoms with Gasteiger partial charge in [-0.2, -0.15) is 0 Å². The number of hydrogen-bond acceptors (Lipinski definition) is 6. The standard InChI is InChI=1S/C26H38N2O4/c1-5-7-13-31-25-15-21(29)9-11-23(25)27-17-20(4)28(18-19(27)3)24-12-10-22(30)16-26(24)32-14-8-6-2/h9-12,15-16,19-20,29-30H,5-8,13-14,17-18H2,1-4H3. The SMILES string of the molecule is CCCCOc1cc(O)ccc1N1CC(C)N(c2ccc(O)cc2OCCCC)CC1C. The molecule has 0 radical (unpaired) electrons. The summed E-state index contributed by atoms with van der Waals surface area (Å²) in [4.78, 5) is 4.72. The number of aromatic hydroxyl groups is 2. The van der Waals surface area contributed by atoms with Crippen molar-refractivity contribution in [2.45, 2.75) is 65.5 Å². The van der Waals surface area contributed by atoms with Crippen LogP contribution in [0.25, 0.3) is 0 Å². The molecule has 3 rings (SSSR count). The van der Waals surface area contributed by atoms with Crippen molar-refractivity contribution in [2.75, 3.05) is 36.1 Å². The number of piperazine rings is 1. The van der Waals surface area contributed by atoms with Crippen molar-refractivity contribution in [3.8, 4) is 23.0 Å². The lowest BCUT2D eigenvalue weighted by Gasteiger charge is -2.47. The average Bonchev–Trinajstić information content (AvgIpc) is 2.76. The van der Waals surface area contributed by atoms with Gasteiger partial charge in [0.2, 0.25) is 0 Å². The zero-order valence-corrected chi connectivity index (χ0v) is 19.9. The van der Waals surface area contributed by atoms with Crippen molar-refractivity contribution < 1.29 is 19.7 Å². The molecule has 6 heteroatoms. The molecule has 1 fully saturated rings. The smallest absolute Gasteiger partial charge is 0.146 e. The van der Waals surface area contributed by atoms with Gasteiger partial charge in [0.15, 0.2) is 0 Å². The minimum absolute atomic E-state index is 0.220. The van der Waals surface area contributed by atoms with Gasteiger partial charge in [0.05, 0.1) is 24.6 Å². The molecule has 1 aliphatic rings. The van der Waals surface area contributed by atoms with Crippen LogP contribution in [-0.2, 0) is 0 Å². The average molecular weight is 443 g/mol. The number of nitrogens with zero attached hydrogens (tertiary/aromatic N) is 2. The van der Waals surface area contributed by atoms with Crippen LogP contribution in [0.2, 0.25) is 0 Å². The van der Waals surface area contributed by atoms with Gasteiger partial charge in [-0.25, -0.2) is 0 Å². The zero-order chi connectivity index (χ0) is 23.1. The van der Waals surface area contributed by atoms with Gasteiger partial charge in [0.25, 0.3) is 0 Å². The van der Waals surface area contributed by atoms with Crippen LogP contribution in [0.3, 0.4) is 0 Å². The zero-order valence-electron chi connectivity index (χ0n) is 19.9. The summed E-state index contributed by atoms with van der Waals surface area (Å²) >= 11 is 0. The molecule has 176 valence electrons. The van der Waals surface area contributed by atoms with E-state index in [2.05, 4.69) is 37.5 Å². The summed E-state index contributed by atoms with van der Waals surface area (Å²) in [7, 11) is 0. The van der Waals surface area contributed by atoms with Crippen molar-refractivity contribution in [3.05, 3.63) is 36.4 Å². The van der Waals surface area contributed by atoms with Crippen molar-refractivity contribution in [1.29, 1.82) is 0 Å². The summed E-state index contributed by atoms with van der Waals surface area (Å²) < 4.78 is 12.1. The van der Waals surface area contributed by atoms with Crippen LogP contribution in [0.1, 0.15) is 53.4 Å². The summed E-state index contributed by atoms with van der Waals surface area (Å²) in [6, 6.07) is 11.2. The quantitative estimate of drug-likeness (QED) is 0.470. The van der Waals surface area contributed by atoms with Gasteiger partial charge < -0.3 is 29.5 Å². The van der Waals surface area contributed by atoms with Gasteiger partial charge in [-0.1, -0.05) is 26.7 Å². The van der Waals surface area contributed by atoms with Gasteiger partial charge in [-0.15, -0.1) is 0 Å². The number of hydrogen-bond donors (Lipinski definition) is 2. The number of phenolic OH excluding ortho intramolecular Hbond substituents is 2. The summed E-state index contributed by atoms with van der Waals surface area (Å²) in [6.07, 6.45) is 4.10. The van der Waals surface area contributed by atoms with E-state index in [0.29, 0.717) is 13.2 Å². The molecule has 2 aromatic carbocycles. The Labute approximate surface area is 192 Å². The van der Waals surface area contributed by atoms with Gasteiger partial charge in [-0.05, 0) is 51.0 Å². The lowest BCUT2D eigenvalue weighted by Crippen LogP contribution is -2.57. The number of phenols is 2. The maximum absolute atomic E-state index is 10.0. The highest BCUT2D eigenvalue weighted by molar-refractivity contribution is 5.66. The van der Waals surface area contributed by atoms with E-state index < -0.39 is 0 Å². The van der Waals surface area contributed by atoms with Crippen molar-refractivity contribution in [2.24, 2.45) is 0 Å². The Hall–Kier alpha value is -2.76. The highest BCUT2D eigenvalue weighted by Gasteiger charge is 2.32.